The molecule has 2 atom stereocenters. The number of aromatic hydroxyl groups is 1. The number of carbonyl (C=O) groups excluding carboxylic acids is 1. The van der Waals surface area contributed by atoms with Gasteiger partial charge < -0.3 is 19.7 Å². The van der Waals surface area contributed by atoms with E-state index in [-0.39, 0.29) is 17.1 Å². The van der Waals surface area contributed by atoms with Crippen LogP contribution in [-0.4, -0.2) is 49.2 Å². The molecule has 3 heterocycles. The van der Waals surface area contributed by atoms with Crippen LogP contribution in [0, 0.1) is 31.0 Å². The molecular formula is C27H28FN7O5. The first-order chi connectivity index (χ1) is 19.1. The van der Waals surface area contributed by atoms with E-state index in [0.29, 0.717) is 30.0 Å². The average Bonchev–Trinajstić information content (AvgIpc) is 3.54. The molecule has 0 aliphatic rings. The fourth-order valence-corrected chi connectivity index (χ4v) is 4.90. The zero-order chi connectivity index (χ0) is 29.1. The van der Waals surface area contributed by atoms with Crippen LogP contribution in [0.15, 0.2) is 40.0 Å². The fraction of sp³-hybridized carbons (Fsp3) is 0.333. The third kappa shape index (κ3) is 5.21. The van der Waals surface area contributed by atoms with Gasteiger partial charge in [0.15, 0.2) is 5.69 Å². The SMILES string of the molecule is COCCn1nc(C)c([C@@H](c2cc(F)ccc2C#N)[C@H](C)c2nc(C(=O)Nc3cnoc3)c(O)c(=O)n2C)c1C. The zero-order valence-corrected chi connectivity index (χ0v) is 22.6. The maximum atomic E-state index is 14.6. The van der Waals surface area contributed by atoms with Crippen LogP contribution in [0.4, 0.5) is 10.1 Å². The summed E-state index contributed by atoms with van der Waals surface area (Å²) in [5.74, 6) is -3.53. The van der Waals surface area contributed by atoms with E-state index in [1.165, 1.54) is 37.7 Å². The summed E-state index contributed by atoms with van der Waals surface area (Å²) in [6.45, 7) is 6.28. The first-order valence-corrected chi connectivity index (χ1v) is 12.3. The molecule has 0 saturated carbocycles. The lowest BCUT2D eigenvalue weighted by Crippen LogP contribution is -2.30. The first-order valence-electron chi connectivity index (χ1n) is 12.3. The number of aryl methyl sites for hydroxylation is 1. The van der Waals surface area contributed by atoms with Crippen molar-refractivity contribution in [2.75, 3.05) is 19.0 Å². The van der Waals surface area contributed by atoms with Gasteiger partial charge >= 0.3 is 0 Å². The maximum Gasteiger partial charge on any atom is 0.296 e. The normalized spacial score (nSPS) is 12.6. The van der Waals surface area contributed by atoms with Crippen LogP contribution in [0.3, 0.4) is 0 Å². The lowest BCUT2D eigenvalue weighted by molar-refractivity contribution is 0.101. The number of ether oxygens (including phenoxy) is 1. The Balaban J connectivity index is 1.93. The van der Waals surface area contributed by atoms with Crippen molar-refractivity contribution in [3.05, 3.63) is 86.4 Å². The average molecular weight is 550 g/mol. The number of aromatic nitrogens is 5. The minimum Gasteiger partial charge on any atom is -0.501 e. The number of carbonyl (C=O) groups is 1. The number of rotatable bonds is 9. The molecule has 0 aliphatic heterocycles. The van der Waals surface area contributed by atoms with Crippen molar-refractivity contribution in [2.24, 2.45) is 7.05 Å². The fourth-order valence-electron chi connectivity index (χ4n) is 4.90. The van der Waals surface area contributed by atoms with Crippen LogP contribution in [0.25, 0.3) is 0 Å². The molecule has 2 N–H and O–H groups in total. The van der Waals surface area contributed by atoms with Gasteiger partial charge in [0.05, 0.1) is 36.7 Å². The molecular weight excluding hydrogens is 521 g/mol. The molecule has 0 bridgehead atoms. The monoisotopic (exact) mass is 549 g/mol. The highest BCUT2D eigenvalue weighted by Crippen LogP contribution is 2.42. The van der Waals surface area contributed by atoms with E-state index < -0.39 is 40.6 Å². The van der Waals surface area contributed by atoms with Gasteiger partial charge in [0.1, 0.15) is 23.6 Å². The summed E-state index contributed by atoms with van der Waals surface area (Å²) in [7, 11) is 3.00. The van der Waals surface area contributed by atoms with Crippen molar-refractivity contribution in [1.82, 2.24) is 24.5 Å². The third-order valence-corrected chi connectivity index (χ3v) is 6.84. The molecule has 0 aliphatic carbocycles. The van der Waals surface area contributed by atoms with Crippen molar-refractivity contribution in [3.8, 4) is 11.8 Å². The molecule has 4 aromatic rings. The van der Waals surface area contributed by atoms with Gasteiger partial charge in [-0.25, -0.2) is 9.37 Å². The molecule has 0 radical (unpaired) electrons. The molecule has 1 amide bonds. The van der Waals surface area contributed by atoms with Gasteiger partial charge in [-0.1, -0.05) is 12.1 Å². The first kappa shape index (κ1) is 28.2. The Labute approximate surface area is 228 Å². The summed E-state index contributed by atoms with van der Waals surface area (Å²) in [6, 6.07) is 6.00. The predicted molar refractivity (Wildman–Crippen MR) is 141 cm³/mol. The number of nitrogens with zero attached hydrogens (tertiary/aromatic N) is 6. The molecule has 0 saturated heterocycles. The Kier molecular flexibility index (Phi) is 8.11. The molecule has 3 aromatic heterocycles. The van der Waals surface area contributed by atoms with E-state index in [4.69, 9.17) is 9.26 Å². The number of nitriles is 1. The Hall–Kier alpha value is -4.83. The highest BCUT2D eigenvalue weighted by molar-refractivity contribution is 6.04. The van der Waals surface area contributed by atoms with Gasteiger partial charge in [0.2, 0.25) is 5.75 Å². The van der Waals surface area contributed by atoms with E-state index in [2.05, 4.69) is 26.6 Å². The topological polar surface area (TPSA) is 161 Å². The van der Waals surface area contributed by atoms with E-state index in [1.54, 1.807) is 25.6 Å². The molecule has 13 heteroatoms. The van der Waals surface area contributed by atoms with Gasteiger partial charge in [-0.05, 0) is 37.6 Å². The molecule has 0 unspecified atom stereocenters. The largest absolute Gasteiger partial charge is 0.501 e. The molecule has 4 rings (SSSR count). The van der Waals surface area contributed by atoms with Gasteiger partial charge in [-0.2, -0.15) is 10.4 Å². The number of benzene rings is 1. The van der Waals surface area contributed by atoms with Crippen molar-refractivity contribution >= 4 is 11.6 Å². The van der Waals surface area contributed by atoms with Crippen molar-refractivity contribution in [3.63, 3.8) is 0 Å². The molecule has 0 spiro atoms. The third-order valence-electron chi connectivity index (χ3n) is 6.84. The summed E-state index contributed by atoms with van der Waals surface area (Å²) in [5, 5.41) is 31.1. The Morgan fingerprint density at radius 3 is 2.75 bits per heavy atom. The van der Waals surface area contributed by atoms with E-state index in [1.807, 2.05) is 6.92 Å². The zero-order valence-electron chi connectivity index (χ0n) is 22.6. The minimum atomic E-state index is -0.855. The number of nitrogens with one attached hydrogen (secondary N) is 1. The number of methoxy groups -OCH3 is 1. The standard InChI is InChI=1S/C27H28FN7O5/c1-14(25-32-23(24(36)27(38)34(25)4)26(37)31-19-12-30-40-13-19)21(20-10-18(28)7-6-17(20)11-29)22-15(2)33-35(16(22)3)8-9-39-5/h6-7,10,12-14,21,36H,8-9H2,1-5H3,(H,31,37)/t14-,21+/m0/s1. The molecule has 0 fully saturated rings. The highest BCUT2D eigenvalue weighted by Gasteiger charge is 2.34. The predicted octanol–water partition coefficient (Wildman–Crippen LogP) is 3.13. The van der Waals surface area contributed by atoms with Crippen molar-refractivity contribution in [1.29, 1.82) is 5.26 Å². The summed E-state index contributed by atoms with van der Waals surface area (Å²) in [6.07, 6.45) is 2.42. The highest BCUT2D eigenvalue weighted by atomic mass is 19.1. The summed E-state index contributed by atoms with van der Waals surface area (Å²) < 4.78 is 27.4. The number of hydrogen-bond acceptors (Lipinski definition) is 9. The molecule has 12 nitrogen and oxygen atoms in total. The molecule has 40 heavy (non-hydrogen) atoms. The van der Waals surface area contributed by atoms with E-state index in [9.17, 15) is 24.3 Å². The quantitative estimate of drug-likeness (QED) is 0.319. The lowest BCUT2D eigenvalue weighted by Gasteiger charge is -2.27. The number of halogens is 1. The van der Waals surface area contributed by atoms with Gasteiger partial charge in [0, 0.05) is 37.3 Å². The van der Waals surface area contributed by atoms with Crippen LogP contribution in [0.2, 0.25) is 0 Å². The number of amides is 1. The van der Waals surface area contributed by atoms with Crippen LogP contribution in [-0.2, 0) is 18.3 Å². The second kappa shape index (κ2) is 11.5. The van der Waals surface area contributed by atoms with Crippen molar-refractivity contribution in [2.45, 2.75) is 39.2 Å². The summed E-state index contributed by atoms with van der Waals surface area (Å²) >= 11 is 0. The molecule has 208 valence electrons. The van der Waals surface area contributed by atoms with Crippen LogP contribution in [0.5, 0.6) is 5.75 Å². The Morgan fingerprint density at radius 2 is 2.10 bits per heavy atom. The van der Waals surface area contributed by atoms with Crippen LogP contribution in [0.1, 0.15) is 63.2 Å². The van der Waals surface area contributed by atoms with E-state index in [0.717, 1.165) is 10.3 Å². The number of anilines is 1. The second-order valence-electron chi connectivity index (χ2n) is 9.31. The Bertz CT molecular complexity index is 1650. The smallest absolute Gasteiger partial charge is 0.296 e. The minimum absolute atomic E-state index is 0.125. The van der Waals surface area contributed by atoms with Crippen LogP contribution < -0.4 is 10.9 Å². The molecule has 1 aromatic carbocycles. The second-order valence-corrected chi connectivity index (χ2v) is 9.31. The lowest BCUT2D eigenvalue weighted by atomic mass is 9.78. The Morgan fingerprint density at radius 1 is 1.35 bits per heavy atom. The van der Waals surface area contributed by atoms with Gasteiger partial charge in [0.25, 0.3) is 11.5 Å². The van der Waals surface area contributed by atoms with E-state index >= 15 is 0 Å². The van der Waals surface area contributed by atoms with Crippen LogP contribution >= 0.6 is 0 Å². The van der Waals surface area contributed by atoms with Gasteiger partial charge in [-0.3, -0.25) is 18.8 Å². The van der Waals surface area contributed by atoms with Crippen molar-refractivity contribution < 1.29 is 23.6 Å². The summed E-state index contributed by atoms with van der Waals surface area (Å²) in [4.78, 5) is 30.4. The van der Waals surface area contributed by atoms with Gasteiger partial charge in [-0.15, -0.1) is 0 Å². The number of hydrogen-bond donors (Lipinski definition) is 2. The maximum absolute atomic E-state index is 14.6. The summed E-state index contributed by atoms with van der Waals surface area (Å²) in [5.41, 5.74) is 1.54.